The number of hydrogen-bond acceptors (Lipinski definition) is 2. The van der Waals surface area contributed by atoms with E-state index in [0.29, 0.717) is 18.9 Å². The topological polar surface area (TPSA) is 49.3 Å². The number of nitrogens with one attached hydrogen (secondary N) is 1. The summed E-state index contributed by atoms with van der Waals surface area (Å²) < 4.78 is 0. The molecule has 16 heavy (non-hydrogen) atoms. The minimum absolute atomic E-state index is 0.128. The number of carbonyl (C=O) groups excluding carboxylic acids is 1. The summed E-state index contributed by atoms with van der Waals surface area (Å²) >= 11 is 0. The van der Waals surface area contributed by atoms with E-state index in [0.717, 1.165) is 25.7 Å². The first-order valence-electron chi connectivity index (χ1n) is 6.67. The van der Waals surface area contributed by atoms with Gasteiger partial charge >= 0.3 is 0 Å². The Balaban J connectivity index is 1.66. The van der Waals surface area contributed by atoms with E-state index >= 15 is 0 Å². The standard InChI is InChI=1S/C13H23NO2/c15-12(9-11-5-4-6-11)14-10-13(16)7-2-1-3-8-13/h11,16H,1-10H2,(H,14,15). The average Bonchev–Trinajstić information content (AvgIpc) is 2.22. The summed E-state index contributed by atoms with van der Waals surface area (Å²) in [5, 5.41) is 13.1. The van der Waals surface area contributed by atoms with Gasteiger partial charge in [0.25, 0.3) is 0 Å². The first kappa shape index (κ1) is 11.9. The van der Waals surface area contributed by atoms with E-state index in [2.05, 4.69) is 5.32 Å². The Morgan fingerprint density at radius 3 is 2.44 bits per heavy atom. The van der Waals surface area contributed by atoms with Crippen molar-refractivity contribution in [2.24, 2.45) is 5.92 Å². The van der Waals surface area contributed by atoms with Crippen LogP contribution in [0.15, 0.2) is 0 Å². The monoisotopic (exact) mass is 225 g/mol. The zero-order valence-electron chi connectivity index (χ0n) is 10.0. The van der Waals surface area contributed by atoms with E-state index in [1.54, 1.807) is 0 Å². The quantitative estimate of drug-likeness (QED) is 0.768. The number of carbonyl (C=O) groups is 1. The third kappa shape index (κ3) is 3.21. The fourth-order valence-corrected chi connectivity index (χ4v) is 2.68. The van der Waals surface area contributed by atoms with Crippen LogP contribution >= 0.6 is 0 Å². The van der Waals surface area contributed by atoms with Gasteiger partial charge in [0.05, 0.1) is 5.60 Å². The van der Waals surface area contributed by atoms with Crippen LogP contribution in [0.4, 0.5) is 0 Å². The Labute approximate surface area is 97.6 Å². The highest BCUT2D eigenvalue weighted by molar-refractivity contribution is 5.76. The highest BCUT2D eigenvalue weighted by Crippen LogP contribution is 2.30. The Morgan fingerprint density at radius 1 is 1.19 bits per heavy atom. The molecule has 3 nitrogen and oxygen atoms in total. The van der Waals surface area contributed by atoms with Gasteiger partial charge in [0.15, 0.2) is 0 Å². The van der Waals surface area contributed by atoms with Crippen molar-refractivity contribution in [3.05, 3.63) is 0 Å². The van der Waals surface area contributed by atoms with Crippen LogP contribution in [0, 0.1) is 5.92 Å². The maximum Gasteiger partial charge on any atom is 0.220 e. The zero-order valence-corrected chi connectivity index (χ0v) is 10.0. The Morgan fingerprint density at radius 2 is 1.88 bits per heavy atom. The van der Waals surface area contributed by atoms with Crippen LogP contribution < -0.4 is 5.32 Å². The number of rotatable bonds is 4. The second-order valence-electron chi connectivity index (χ2n) is 5.56. The summed E-state index contributed by atoms with van der Waals surface area (Å²) in [6.07, 6.45) is 9.45. The summed E-state index contributed by atoms with van der Waals surface area (Å²) in [5.41, 5.74) is -0.618. The molecule has 0 aromatic heterocycles. The minimum Gasteiger partial charge on any atom is -0.388 e. The minimum atomic E-state index is -0.618. The molecule has 0 aromatic carbocycles. The average molecular weight is 225 g/mol. The van der Waals surface area contributed by atoms with Crippen LogP contribution in [0.25, 0.3) is 0 Å². The van der Waals surface area contributed by atoms with Crippen LogP contribution in [0.2, 0.25) is 0 Å². The normalized spacial score (nSPS) is 24.8. The van der Waals surface area contributed by atoms with Crippen molar-refractivity contribution >= 4 is 5.91 Å². The van der Waals surface area contributed by atoms with Crippen molar-refractivity contribution in [3.8, 4) is 0 Å². The molecule has 0 atom stereocenters. The molecule has 0 unspecified atom stereocenters. The van der Waals surface area contributed by atoms with Crippen molar-refractivity contribution in [1.29, 1.82) is 0 Å². The molecule has 0 saturated heterocycles. The smallest absolute Gasteiger partial charge is 0.220 e. The fourth-order valence-electron chi connectivity index (χ4n) is 2.68. The number of hydrogen-bond donors (Lipinski definition) is 2. The van der Waals surface area contributed by atoms with Gasteiger partial charge in [0.1, 0.15) is 0 Å². The Bertz CT molecular complexity index is 242. The molecule has 0 radical (unpaired) electrons. The third-order valence-corrected chi connectivity index (χ3v) is 4.10. The van der Waals surface area contributed by atoms with Gasteiger partial charge in [-0.15, -0.1) is 0 Å². The van der Waals surface area contributed by atoms with Gasteiger partial charge in [-0.25, -0.2) is 0 Å². The number of amides is 1. The van der Waals surface area contributed by atoms with Gasteiger partial charge in [0.2, 0.25) is 5.91 Å². The SMILES string of the molecule is O=C(CC1CCC1)NCC1(O)CCCCC1. The molecule has 2 aliphatic rings. The van der Waals surface area contributed by atoms with Gasteiger partial charge in [0, 0.05) is 13.0 Å². The largest absolute Gasteiger partial charge is 0.388 e. The highest BCUT2D eigenvalue weighted by atomic mass is 16.3. The second kappa shape index (κ2) is 5.17. The summed E-state index contributed by atoms with van der Waals surface area (Å²) in [4.78, 5) is 11.6. The predicted molar refractivity (Wildman–Crippen MR) is 63.0 cm³/mol. The molecule has 0 heterocycles. The Hall–Kier alpha value is -0.570. The molecule has 2 saturated carbocycles. The Kier molecular flexibility index (Phi) is 3.85. The molecular formula is C13H23NO2. The van der Waals surface area contributed by atoms with Crippen molar-refractivity contribution in [2.45, 2.75) is 63.4 Å². The van der Waals surface area contributed by atoms with E-state index < -0.39 is 5.60 Å². The van der Waals surface area contributed by atoms with Crippen molar-refractivity contribution in [3.63, 3.8) is 0 Å². The molecule has 1 amide bonds. The molecule has 0 spiro atoms. The number of aliphatic hydroxyl groups is 1. The molecule has 3 heteroatoms. The predicted octanol–water partition coefficient (Wildman–Crippen LogP) is 1.99. The van der Waals surface area contributed by atoms with Crippen LogP contribution in [0.1, 0.15) is 57.8 Å². The van der Waals surface area contributed by atoms with Crippen molar-refractivity contribution in [2.75, 3.05) is 6.54 Å². The van der Waals surface area contributed by atoms with E-state index in [1.807, 2.05) is 0 Å². The maximum atomic E-state index is 11.6. The van der Waals surface area contributed by atoms with E-state index in [9.17, 15) is 9.90 Å². The summed E-state index contributed by atoms with van der Waals surface area (Å²) in [7, 11) is 0. The molecule has 0 aromatic rings. The van der Waals surface area contributed by atoms with Gasteiger partial charge in [-0.3, -0.25) is 4.79 Å². The van der Waals surface area contributed by atoms with Crippen molar-refractivity contribution < 1.29 is 9.90 Å². The van der Waals surface area contributed by atoms with E-state index in [1.165, 1.54) is 25.7 Å². The van der Waals surface area contributed by atoms with Crippen molar-refractivity contribution in [1.82, 2.24) is 5.32 Å². The lowest BCUT2D eigenvalue weighted by Crippen LogP contribution is -2.44. The van der Waals surface area contributed by atoms with E-state index in [-0.39, 0.29) is 5.91 Å². The highest BCUT2D eigenvalue weighted by Gasteiger charge is 2.30. The molecular weight excluding hydrogens is 202 g/mol. The molecule has 0 bridgehead atoms. The molecule has 2 rings (SSSR count). The summed E-state index contributed by atoms with van der Waals surface area (Å²) in [6, 6.07) is 0. The van der Waals surface area contributed by atoms with Gasteiger partial charge in [-0.1, -0.05) is 25.7 Å². The van der Waals surface area contributed by atoms with E-state index in [4.69, 9.17) is 0 Å². The molecule has 92 valence electrons. The zero-order chi connectivity index (χ0) is 11.4. The molecule has 2 N–H and O–H groups in total. The van der Waals surface area contributed by atoms with Gasteiger partial charge in [-0.2, -0.15) is 0 Å². The third-order valence-electron chi connectivity index (χ3n) is 4.10. The summed E-state index contributed by atoms with van der Waals surface area (Å²) in [5.74, 6) is 0.740. The van der Waals surface area contributed by atoms with Crippen LogP contribution in [0.5, 0.6) is 0 Å². The second-order valence-corrected chi connectivity index (χ2v) is 5.56. The molecule has 0 aliphatic heterocycles. The van der Waals surface area contributed by atoms with Gasteiger partial charge < -0.3 is 10.4 Å². The fraction of sp³-hybridized carbons (Fsp3) is 0.923. The van der Waals surface area contributed by atoms with Crippen LogP contribution in [0.3, 0.4) is 0 Å². The first-order valence-corrected chi connectivity index (χ1v) is 6.67. The van der Waals surface area contributed by atoms with Crippen LogP contribution in [-0.4, -0.2) is 23.2 Å². The molecule has 2 fully saturated rings. The van der Waals surface area contributed by atoms with Crippen LogP contribution in [-0.2, 0) is 4.79 Å². The lowest BCUT2D eigenvalue weighted by Gasteiger charge is -2.32. The lowest BCUT2D eigenvalue weighted by molar-refractivity contribution is -0.124. The molecule has 2 aliphatic carbocycles. The maximum absolute atomic E-state index is 11.6. The first-order chi connectivity index (χ1) is 7.68. The summed E-state index contributed by atoms with van der Waals surface area (Å²) in [6.45, 7) is 0.457. The van der Waals surface area contributed by atoms with Gasteiger partial charge in [-0.05, 0) is 31.6 Å². The lowest BCUT2D eigenvalue weighted by atomic mass is 9.82.